The first-order valence-electron chi connectivity index (χ1n) is 7.00. The van der Waals surface area contributed by atoms with Gasteiger partial charge in [-0.25, -0.2) is 9.98 Å². The van der Waals surface area contributed by atoms with Crippen LogP contribution in [0.5, 0.6) is 5.75 Å². The van der Waals surface area contributed by atoms with E-state index in [0.717, 1.165) is 11.3 Å². The Morgan fingerprint density at radius 3 is 2.65 bits per heavy atom. The minimum Gasteiger partial charge on any atom is -0.496 e. The third kappa shape index (κ3) is 3.52. The molecule has 23 heavy (non-hydrogen) atoms. The molecule has 0 aliphatic heterocycles. The minimum absolute atomic E-state index is 0.209. The number of methoxy groups -OCH3 is 1. The number of hydrogen-bond acceptors (Lipinski definition) is 5. The molecule has 5 heteroatoms. The van der Waals surface area contributed by atoms with Gasteiger partial charge >= 0.3 is 0 Å². The molecule has 0 bridgehead atoms. The maximum absolute atomic E-state index is 12.2. The lowest BCUT2D eigenvalue weighted by Crippen LogP contribution is -2.02. The van der Waals surface area contributed by atoms with Gasteiger partial charge in [-0.3, -0.25) is 4.79 Å². The van der Waals surface area contributed by atoms with Crippen LogP contribution in [0.1, 0.15) is 10.4 Å². The largest absolute Gasteiger partial charge is 0.496 e. The number of ether oxygens (including phenoxy) is 1. The number of thiazole rings is 1. The van der Waals surface area contributed by atoms with Gasteiger partial charge in [-0.2, -0.15) is 0 Å². The van der Waals surface area contributed by atoms with Crippen LogP contribution in [0.4, 0.5) is 5.13 Å². The van der Waals surface area contributed by atoms with Gasteiger partial charge in [0.15, 0.2) is 0 Å². The molecular formula is C18H14N2O2S. The predicted octanol–water partition coefficient (Wildman–Crippen LogP) is 4.40. The van der Waals surface area contributed by atoms with Crippen molar-refractivity contribution in [2.24, 2.45) is 4.99 Å². The molecule has 0 saturated heterocycles. The standard InChI is InChI=1S/C18H14N2O2S/c1-22-17-10-6-5-9-14(17)16(21)11-19-18-20-15(12-23-18)13-7-3-2-4-8-13/h2-12H,1H3. The van der Waals surface area contributed by atoms with E-state index in [1.54, 1.807) is 18.2 Å². The van der Waals surface area contributed by atoms with Crippen molar-refractivity contribution in [1.82, 2.24) is 4.98 Å². The molecule has 4 nitrogen and oxygen atoms in total. The molecule has 1 aromatic heterocycles. The average Bonchev–Trinajstić information content (AvgIpc) is 3.09. The van der Waals surface area contributed by atoms with Crippen LogP contribution in [0, 0.1) is 0 Å². The molecule has 3 rings (SSSR count). The molecule has 0 atom stereocenters. The van der Waals surface area contributed by atoms with Crippen LogP contribution in [0.15, 0.2) is 65.0 Å². The van der Waals surface area contributed by atoms with E-state index in [1.807, 2.05) is 41.8 Å². The van der Waals surface area contributed by atoms with E-state index >= 15 is 0 Å². The second-order valence-electron chi connectivity index (χ2n) is 4.70. The fourth-order valence-corrected chi connectivity index (χ4v) is 2.77. The molecule has 0 N–H and O–H groups in total. The van der Waals surface area contributed by atoms with Crippen molar-refractivity contribution in [3.05, 3.63) is 65.5 Å². The van der Waals surface area contributed by atoms with Gasteiger partial charge in [-0.15, -0.1) is 11.3 Å². The highest BCUT2D eigenvalue weighted by molar-refractivity contribution is 7.13. The Balaban J connectivity index is 1.78. The maximum atomic E-state index is 12.2. The number of nitrogens with zero attached hydrogens (tertiary/aromatic N) is 2. The summed E-state index contributed by atoms with van der Waals surface area (Å²) in [7, 11) is 1.54. The number of ketones is 1. The van der Waals surface area contributed by atoms with Crippen molar-refractivity contribution < 1.29 is 9.53 Å². The van der Waals surface area contributed by atoms with Crippen LogP contribution in [-0.4, -0.2) is 24.1 Å². The number of benzene rings is 2. The Kier molecular flexibility index (Phi) is 4.59. The first-order valence-corrected chi connectivity index (χ1v) is 7.88. The fraction of sp³-hybridized carbons (Fsp3) is 0.0556. The van der Waals surface area contributed by atoms with E-state index in [4.69, 9.17) is 4.74 Å². The summed E-state index contributed by atoms with van der Waals surface area (Å²) in [4.78, 5) is 20.8. The monoisotopic (exact) mass is 322 g/mol. The molecule has 114 valence electrons. The Labute approximate surface area is 138 Å². The molecule has 0 unspecified atom stereocenters. The minimum atomic E-state index is -0.209. The Hall–Kier alpha value is -2.79. The number of hydrogen-bond donors (Lipinski definition) is 0. The topological polar surface area (TPSA) is 51.5 Å². The van der Waals surface area contributed by atoms with Gasteiger partial charge in [0.05, 0.1) is 24.6 Å². The van der Waals surface area contributed by atoms with Gasteiger partial charge in [0.2, 0.25) is 10.9 Å². The van der Waals surface area contributed by atoms with Gasteiger partial charge in [-0.1, -0.05) is 42.5 Å². The smallest absolute Gasteiger partial charge is 0.209 e. The van der Waals surface area contributed by atoms with Gasteiger partial charge in [0, 0.05) is 10.9 Å². The van der Waals surface area contributed by atoms with Gasteiger partial charge in [0.1, 0.15) is 5.75 Å². The number of para-hydroxylation sites is 1. The summed E-state index contributed by atoms with van der Waals surface area (Å²) < 4.78 is 5.18. The molecular weight excluding hydrogens is 308 g/mol. The van der Waals surface area contributed by atoms with Crippen molar-refractivity contribution in [3.8, 4) is 17.0 Å². The zero-order valence-corrected chi connectivity index (χ0v) is 13.3. The fourth-order valence-electron chi connectivity index (χ4n) is 2.10. The quantitative estimate of drug-likeness (QED) is 0.516. The van der Waals surface area contributed by atoms with Crippen molar-refractivity contribution in [3.63, 3.8) is 0 Å². The molecule has 0 fully saturated rings. The van der Waals surface area contributed by atoms with E-state index in [-0.39, 0.29) is 5.78 Å². The number of carbonyl (C=O) groups excluding carboxylic acids is 1. The molecule has 0 spiro atoms. The molecule has 3 aromatic rings. The summed E-state index contributed by atoms with van der Waals surface area (Å²) in [5.41, 5.74) is 2.37. The Morgan fingerprint density at radius 2 is 1.87 bits per heavy atom. The zero-order chi connectivity index (χ0) is 16.1. The third-order valence-corrected chi connectivity index (χ3v) is 3.97. The lowest BCUT2D eigenvalue weighted by molar-refractivity contribution is 0.106. The van der Waals surface area contributed by atoms with Crippen LogP contribution < -0.4 is 4.74 Å². The normalized spacial score (nSPS) is 10.8. The number of aliphatic imine (C=N–C) groups is 1. The second-order valence-corrected chi connectivity index (χ2v) is 5.54. The van der Waals surface area contributed by atoms with Crippen LogP contribution in [0.25, 0.3) is 11.3 Å². The first kappa shape index (κ1) is 15.1. The van der Waals surface area contributed by atoms with Gasteiger partial charge < -0.3 is 4.74 Å². The van der Waals surface area contributed by atoms with Gasteiger partial charge in [0.25, 0.3) is 0 Å². The molecule has 0 saturated carbocycles. The van der Waals surface area contributed by atoms with Crippen LogP contribution in [0.3, 0.4) is 0 Å². The highest BCUT2D eigenvalue weighted by Gasteiger charge is 2.09. The summed E-state index contributed by atoms with van der Waals surface area (Å²) in [5, 5.41) is 2.47. The molecule has 1 heterocycles. The Morgan fingerprint density at radius 1 is 1.13 bits per heavy atom. The summed E-state index contributed by atoms with van der Waals surface area (Å²) in [6, 6.07) is 16.9. The van der Waals surface area contributed by atoms with Crippen molar-refractivity contribution in [1.29, 1.82) is 0 Å². The van der Waals surface area contributed by atoms with E-state index in [9.17, 15) is 4.79 Å². The van der Waals surface area contributed by atoms with Crippen LogP contribution in [0.2, 0.25) is 0 Å². The van der Waals surface area contributed by atoms with Crippen molar-refractivity contribution in [2.75, 3.05) is 7.11 Å². The molecule has 0 aliphatic carbocycles. The third-order valence-electron chi connectivity index (χ3n) is 3.23. The summed E-state index contributed by atoms with van der Waals surface area (Å²) >= 11 is 1.40. The van der Waals surface area contributed by atoms with E-state index in [0.29, 0.717) is 16.4 Å². The highest BCUT2D eigenvalue weighted by Crippen LogP contribution is 2.26. The SMILES string of the molecule is COc1ccccc1C(=O)C=Nc1nc(-c2ccccc2)cs1. The van der Waals surface area contributed by atoms with Crippen LogP contribution in [-0.2, 0) is 0 Å². The molecule has 0 aliphatic rings. The number of aromatic nitrogens is 1. The van der Waals surface area contributed by atoms with E-state index in [1.165, 1.54) is 24.7 Å². The molecule has 2 aromatic carbocycles. The lowest BCUT2D eigenvalue weighted by atomic mass is 10.1. The second kappa shape index (κ2) is 6.98. The number of carbonyl (C=O) groups is 1. The van der Waals surface area contributed by atoms with Gasteiger partial charge in [-0.05, 0) is 12.1 Å². The predicted molar refractivity (Wildman–Crippen MR) is 93.0 cm³/mol. The Bertz CT molecular complexity index is 841. The highest BCUT2D eigenvalue weighted by atomic mass is 32.1. The lowest BCUT2D eigenvalue weighted by Gasteiger charge is -2.03. The van der Waals surface area contributed by atoms with Crippen molar-refractivity contribution >= 4 is 28.5 Å². The first-order chi connectivity index (χ1) is 11.3. The molecule has 0 amide bonds. The number of rotatable bonds is 5. The van der Waals surface area contributed by atoms with Crippen molar-refractivity contribution in [2.45, 2.75) is 0 Å². The summed E-state index contributed by atoms with van der Waals surface area (Å²) in [6.45, 7) is 0. The zero-order valence-electron chi connectivity index (χ0n) is 12.5. The van der Waals surface area contributed by atoms with E-state index in [2.05, 4.69) is 9.98 Å². The summed E-state index contributed by atoms with van der Waals surface area (Å²) in [5.74, 6) is 0.326. The molecule has 0 radical (unpaired) electrons. The number of Topliss-reactive ketones (excluding diaryl/α,β-unsaturated/α-hetero) is 1. The maximum Gasteiger partial charge on any atom is 0.209 e. The average molecular weight is 322 g/mol. The van der Waals surface area contributed by atoms with E-state index < -0.39 is 0 Å². The summed E-state index contributed by atoms with van der Waals surface area (Å²) in [6.07, 6.45) is 1.28. The van der Waals surface area contributed by atoms with Crippen LogP contribution >= 0.6 is 11.3 Å².